The van der Waals surface area contributed by atoms with E-state index >= 15 is 0 Å². The van der Waals surface area contributed by atoms with Crippen molar-refractivity contribution < 1.29 is 18.0 Å². The summed E-state index contributed by atoms with van der Waals surface area (Å²) >= 11 is 0. The van der Waals surface area contributed by atoms with Gasteiger partial charge in [-0.3, -0.25) is 13.9 Å². The van der Waals surface area contributed by atoms with Gasteiger partial charge in [0.05, 0.1) is 11.9 Å². The molecule has 0 aliphatic heterocycles. The number of aryl methyl sites for hydroxylation is 3. The number of nitrogens with zero attached hydrogens (tertiary/aromatic N) is 2. The summed E-state index contributed by atoms with van der Waals surface area (Å²) < 4.78 is 26.8. The Morgan fingerprint density at radius 2 is 1.43 bits per heavy atom. The van der Waals surface area contributed by atoms with Gasteiger partial charge in [-0.15, -0.1) is 0 Å². The van der Waals surface area contributed by atoms with Crippen LogP contribution >= 0.6 is 0 Å². The molecule has 7 nitrogen and oxygen atoms in total. The molecule has 0 aliphatic carbocycles. The predicted molar refractivity (Wildman–Crippen MR) is 148 cm³/mol. The van der Waals surface area contributed by atoms with Crippen molar-refractivity contribution in [3.05, 3.63) is 101 Å². The molecular weight excluding hydrogens is 486 g/mol. The van der Waals surface area contributed by atoms with Crippen molar-refractivity contribution in [2.24, 2.45) is 0 Å². The Balaban J connectivity index is 2.03. The minimum atomic E-state index is -3.78. The van der Waals surface area contributed by atoms with E-state index in [1.165, 1.54) is 11.9 Å². The highest BCUT2D eigenvalue weighted by atomic mass is 32.2. The molecule has 0 saturated carbocycles. The topological polar surface area (TPSA) is 86.8 Å². The Hall–Kier alpha value is -3.65. The molecule has 0 radical (unpaired) electrons. The lowest BCUT2D eigenvalue weighted by atomic mass is 10.0. The molecule has 1 N–H and O–H groups in total. The Morgan fingerprint density at radius 1 is 0.838 bits per heavy atom. The number of carbonyl (C=O) groups is 2. The second kappa shape index (κ2) is 12.1. The summed E-state index contributed by atoms with van der Waals surface area (Å²) in [7, 11) is -2.25. The smallest absolute Gasteiger partial charge is 0.244 e. The van der Waals surface area contributed by atoms with Crippen LogP contribution in [0.1, 0.15) is 27.8 Å². The summed E-state index contributed by atoms with van der Waals surface area (Å²) in [5.41, 5.74) is 5.01. The molecule has 0 fully saturated rings. The van der Waals surface area contributed by atoms with Gasteiger partial charge in [0.1, 0.15) is 12.6 Å². The maximum atomic E-state index is 13.9. The highest BCUT2D eigenvalue weighted by Crippen LogP contribution is 2.23. The van der Waals surface area contributed by atoms with E-state index in [0.717, 1.165) is 38.4 Å². The first kappa shape index (κ1) is 27.9. The van der Waals surface area contributed by atoms with Crippen molar-refractivity contribution in [1.29, 1.82) is 0 Å². The van der Waals surface area contributed by atoms with Gasteiger partial charge in [-0.25, -0.2) is 8.42 Å². The van der Waals surface area contributed by atoms with E-state index < -0.39 is 28.5 Å². The molecule has 0 bridgehead atoms. The van der Waals surface area contributed by atoms with Crippen LogP contribution in [0.25, 0.3) is 0 Å². The molecule has 37 heavy (non-hydrogen) atoms. The van der Waals surface area contributed by atoms with Gasteiger partial charge in [0.2, 0.25) is 21.8 Å². The van der Waals surface area contributed by atoms with Gasteiger partial charge in [-0.2, -0.15) is 0 Å². The lowest BCUT2D eigenvalue weighted by Gasteiger charge is -2.33. The predicted octanol–water partition coefficient (Wildman–Crippen LogP) is 3.76. The van der Waals surface area contributed by atoms with Gasteiger partial charge in [0, 0.05) is 20.0 Å². The number of amides is 2. The molecule has 196 valence electrons. The number of anilines is 1. The Labute approximate surface area is 220 Å². The van der Waals surface area contributed by atoms with Gasteiger partial charge >= 0.3 is 0 Å². The highest BCUT2D eigenvalue weighted by molar-refractivity contribution is 7.92. The minimum absolute atomic E-state index is 0.161. The summed E-state index contributed by atoms with van der Waals surface area (Å²) in [6, 6.07) is 21.8. The highest BCUT2D eigenvalue weighted by Gasteiger charge is 2.32. The number of benzene rings is 3. The van der Waals surface area contributed by atoms with E-state index in [-0.39, 0.29) is 12.5 Å². The third-order valence-electron chi connectivity index (χ3n) is 6.16. The van der Waals surface area contributed by atoms with Crippen LogP contribution in [-0.4, -0.2) is 51.0 Å². The largest absolute Gasteiger partial charge is 0.357 e. The molecule has 0 heterocycles. The van der Waals surface area contributed by atoms with Crippen LogP contribution in [0.15, 0.2) is 72.8 Å². The Kier molecular flexibility index (Phi) is 9.10. The third-order valence-corrected chi connectivity index (χ3v) is 7.31. The van der Waals surface area contributed by atoms with Crippen LogP contribution in [-0.2, 0) is 32.6 Å². The SMILES string of the molecule is CNC(=O)[C@H](Cc1ccccc1)N(Cc1ccc(C)cc1)C(=O)CN(c1cc(C)cc(C)c1)S(C)(=O)=O. The van der Waals surface area contributed by atoms with Crippen LogP contribution in [0, 0.1) is 20.8 Å². The number of rotatable bonds is 10. The van der Waals surface area contributed by atoms with E-state index in [0.29, 0.717) is 12.1 Å². The molecule has 3 rings (SSSR count). The molecule has 0 spiro atoms. The van der Waals surface area contributed by atoms with Crippen LogP contribution in [0.4, 0.5) is 5.69 Å². The first-order chi connectivity index (χ1) is 17.5. The molecule has 0 aromatic heterocycles. The summed E-state index contributed by atoms with van der Waals surface area (Å²) in [5.74, 6) is -0.781. The van der Waals surface area contributed by atoms with Crippen LogP contribution < -0.4 is 9.62 Å². The zero-order valence-electron chi connectivity index (χ0n) is 22.1. The number of hydrogen-bond acceptors (Lipinski definition) is 4. The molecule has 1 atom stereocenters. The van der Waals surface area contributed by atoms with Crippen molar-refractivity contribution in [3.8, 4) is 0 Å². The first-order valence-electron chi connectivity index (χ1n) is 12.1. The molecule has 0 saturated heterocycles. The fraction of sp³-hybridized carbons (Fsp3) is 0.310. The molecule has 3 aromatic rings. The zero-order valence-corrected chi connectivity index (χ0v) is 22.9. The van der Waals surface area contributed by atoms with E-state index in [2.05, 4.69) is 5.32 Å². The minimum Gasteiger partial charge on any atom is -0.357 e. The average Bonchev–Trinajstić information content (AvgIpc) is 2.84. The van der Waals surface area contributed by atoms with Crippen molar-refractivity contribution in [2.45, 2.75) is 39.8 Å². The van der Waals surface area contributed by atoms with Crippen LogP contribution in [0.3, 0.4) is 0 Å². The second-order valence-corrected chi connectivity index (χ2v) is 11.3. The fourth-order valence-electron chi connectivity index (χ4n) is 4.32. The lowest BCUT2D eigenvalue weighted by molar-refractivity contribution is -0.139. The molecule has 3 aromatic carbocycles. The maximum absolute atomic E-state index is 13.9. The Bertz CT molecular complexity index is 1320. The van der Waals surface area contributed by atoms with E-state index in [4.69, 9.17) is 0 Å². The fourth-order valence-corrected chi connectivity index (χ4v) is 5.15. The molecular formula is C29H35N3O4S. The van der Waals surface area contributed by atoms with E-state index in [1.54, 1.807) is 12.1 Å². The van der Waals surface area contributed by atoms with Crippen molar-refractivity contribution in [3.63, 3.8) is 0 Å². The van der Waals surface area contributed by atoms with E-state index in [1.807, 2.05) is 81.4 Å². The van der Waals surface area contributed by atoms with Crippen molar-refractivity contribution in [2.75, 3.05) is 24.2 Å². The van der Waals surface area contributed by atoms with Gasteiger partial charge in [-0.05, 0) is 55.2 Å². The van der Waals surface area contributed by atoms with Crippen molar-refractivity contribution >= 4 is 27.5 Å². The van der Waals surface area contributed by atoms with Gasteiger partial charge in [0.15, 0.2) is 0 Å². The molecule has 0 unspecified atom stereocenters. The van der Waals surface area contributed by atoms with Crippen molar-refractivity contribution in [1.82, 2.24) is 10.2 Å². The van der Waals surface area contributed by atoms with Gasteiger partial charge in [-0.1, -0.05) is 66.2 Å². The summed E-state index contributed by atoms with van der Waals surface area (Å²) in [6.07, 6.45) is 1.38. The van der Waals surface area contributed by atoms with Gasteiger partial charge < -0.3 is 10.2 Å². The second-order valence-electron chi connectivity index (χ2n) is 9.44. The number of likely N-dealkylation sites (N-methyl/N-ethyl adjacent to an activating group) is 1. The normalized spacial score (nSPS) is 12.0. The lowest BCUT2D eigenvalue weighted by Crippen LogP contribution is -2.52. The molecule has 8 heteroatoms. The van der Waals surface area contributed by atoms with E-state index in [9.17, 15) is 18.0 Å². The maximum Gasteiger partial charge on any atom is 0.244 e. The third kappa shape index (κ3) is 7.67. The molecule has 2 amide bonds. The molecule has 0 aliphatic rings. The number of carbonyl (C=O) groups excluding carboxylic acids is 2. The average molecular weight is 522 g/mol. The van der Waals surface area contributed by atoms with Crippen LogP contribution in [0.2, 0.25) is 0 Å². The first-order valence-corrected chi connectivity index (χ1v) is 14.0. The number of sulfonamides is 1. The summed E-state index contributed by atoms with van der Waals surface area (Å²) in [4.78, 5) is 28.5. The number of nitrogens with one attached hydrogen (secondary N) is 1. The zero-order chi connectivity index (χ0) is 27.2. The summed E-state index contributed by atoms with van der Waals surface area (Å²) in [6.45, 7) is 5.47. The number of hydrogen-bond donors (Lipinski definition) is 1. The van der Waals surface area contributed by atoms with Gasteiger partial charge in [0.25, 0.3) is 0 Å². The monoisotopic (exact) mass is 521 g/mol. The van der Waals surface area contributed by atoms with Crippen LogP contribution in [0.5, 0.6) is 0 Å². The standard InChI is InChI=1S/C29H35N3O4S/c1-21-11-13-25(14-12-21)19-31(27(29(34)30-4)18-24-9-7-6-8-10-24)28(33)20-32(37(5,35)36)26-16-22(2)15-23(3)17-26/h6-17,27H,18-20H2,1-5H3,(H,30,34)/t27-/m0/s1. The Morgan fingerprint density at radius 3 is 1.97 bits per heavy atom. The summed E-state index contributed by atoms with van der Waals surface area (Å²) in [5, 5.41) is 2.68. The quantitative estimate of drug-likeness (QED) is 0.440.